The van der Waals surface area contributed by atoms with E-state index in [0.29, 0.717) is 36.7 Å². The Bertz CT molecular complexity index is 1690. The minimum Gasteiger partial charge on any atom is -0.490 e. The van der Waals surface area contributed by atoms with E-state index in [1.54, 1.807) is 7.05 Å². The number of hydrogen-bond acceptors (Lipinski definition) is 6. The summed E-state index contributed by atoms with van der Waals surface area (Å²) < 4.78 is 12.2. The van der Waals surface area contributed by atoms with Gasteiger partial charge in [-0.05, 0) is 85.8 Å². The van der Waals surface area contributed by atoms with Gasteiger partial charge in [-0.3, -0.25) is 19.3 Å². The molecule has 1 aromatic heterocycles. The highest BCUT2D eigenvalue weighted by Gasteiger charge is 2.47. The number of ether oxygens (including phenoxy) is 2. The van der Waals surface area contributed by atoms with Crippen molar-refractivity contribution in [3.05, 3.63) is 64.8 Å². The molecule has 4 aliphatic rings. The minimum absolute atomic E-state index is 0.0150. The zero-order valence-corrected chi connectivity index (χ0v) is 30.6. The summed E-state index contributed by atoms with van der Waals surface area (Å²) in [5.41, 5.74) is 2.98. The monoisotopic (exact) mass is 717 g/mol. The molecule has 5 atom stereocenters. The first kappa shape index (κ1) is 35.8. The molecule has 3 unspecified atom stereocenters. The van der Waals surface area contributed by atoms with Gasteiger partial charge in [-0.15, -0.1) is 0 Å². The van der Waals surface area contributed by atoms with Crippen LogP contribution < -0.4 is 15.4 Å². The van der Waals surface area contributed by atoms with Gasteiger partial charge >= 0.3 is 0 Å². The van der Waals surface area contributed by atoms with Gasteiger partial charge in [0, 0.05) is 68.5 Å². The Labute approximate surface area is 305 Å². The van der Waals surface area contributed by atoms with Crippen molar-refractivity contribution in [1.29, 1.82) is 0 Å². The van der Waals surface area contributed by atoms with Gasteiger partial charge in [-0.25, -0.2) is 0 Å². The number of likely N-dealkylation sites (tertiary alicyclic amines) is 2. The van der Waals surface area contributed by atoms with Gasteiger partial charge in [0.15, 0.2) is 0 Å². The maximum Gasteiger partial charge on any atom is 0.245 e. The second-order valence-electron chi connectivity index (χ2n) is 15.3. The zero-order valence-electron chi connectivity index (χ0n) is 29.9. The van der Waals surface area contributed by atoms with Gasteiger partial charge in [-0.2, -0.15) is 0 Å². The molecule has 10 nitrogen and oxygen atoms in total. The second kappa shape index (κ2) is 16.0. The Morgan fingerprint density at radius 3 is 2.51 bits per heavy atom. The normalized spacial score (nSPS) is 23.8. The first-order valence-electron chi connectivity index (χ1n) is 18.9. The predicted octanol–water partition coefficient (Wildman–Crippen LogP) is 5.33. The number of hydrogen-bond donors (Lipinski definition) is 3. The van der Waals surface area contributed by atoms with E-state index >= 15 is 0 Å². The predicted molar refractivity (Wildman–Crippen MR) is 197 cm³/mol. The highest BCUT2D eigenvalue weighted by Crippen LogP contribution is 2.37. The van der Waals surface area contributed by atoms with Crippen LogP contribution in [0, 0.1) is 23.7 Å². The van der Waals surface area contributed by atoms with Crippen LogP contribution in [-0.4, -0.2) is 90.6 Å². The average Bonchev–Trinajstić information content (AvgIpc) is 3.73. The molecule has 274 valence electrons. The summed E-state index contributed by atoms with van der Waals surface area (Å²) in [6.07, 6.45) is 10.2. The molecule has 3 N–H and O–H groups in total. The summed E-state index contributed by atoms with van der Waals surface area (Å²) in [7, 11) is 1.59. The van der Waals surface area contributed by atoms with Crippen LogP contribution in [0.5, 0.6) is 5.75 Å². The molecule has 2 saturated heterocycles. The van der Waals surface area contributed by atoms with E-state index in [2.05, 4.69) is 32.7 Å². The molecule has 2 aromatic carbocycles. The lowest BCUT2D eigenvalue weighted by atomic mass is 9.79. The van der Waals surface area contributed by atoms with Crippen molar-refractivity contribution < 1.29 is 23.9 Å². The first-order chi connectivity index (χ1) is 24.7. The van der Waals surface area contributed by atoms with Gasteiger partial charge < -0.3 is 30.0 Å². The van der Waals surface area contributed by atoms with E-state index in [-0.39, 0.29) is 36.0 Å². The number of aromatic nitrogens is 1. The fourth-order valence-corrected chi connectivity index (χ4v) is 8.59. The first-order valence-corrected chi connectivity index (χ1v) is 19.3. The van der Waals surface area contributed by atoms with Crippen LogP contribution in [0.25, 0.3) is 10.9 Å². The second-order valence-corrected chi connectivity index (χ2v) is 15.7. The molecule has 2 saturated carbocycles. The maximum absolute atomic E-state index is 14.3. The van der Waals surface area contributed by atoms with Crippen LogP contribution in [0.3, 0.4) is 0 Å². The Balaban J connectivity index is 1.06. The largest absolute Gasteiger partial charge is 0.490 e. The molecule has 0 radical (unpaired) electrons. The van der Waals surface area contributed by atoms with Crippen LogP contribution in [0.4, 0.5) is 0 Å². The molecule has 3 heterocycles. The number of nitrogens with one attached hydrogen (secondary N) is 3. The van der Waals surface area contributed by atoms with Crippen molar-refractivity contribution in [1.82, 2.24) is 25.4 Å². The molecule has 2 aliphatic carbocycles. The Hall–Kier alpha value is -3.60. The molecule has 2 aliphatic heterocycles. The minimum atomic E-state index is -0.831. The molecule has 0 spiro atoms. The number of carbonyl (C=O) groups is 3. The Kier molecular flexibility index (Phi) is 11.2. The number of rotatable bonds is 13. The van der Waals surface area contributed by atoms with E-state index in [0.717, 1.165) is 67.5 Å². The summed E-state index contributed by atoms with van der Waals surface area (Å²) in [6, 6.07) is 13.1. The molecule has 7 rings (SSSR count). The standard InChI is InChI=1S/C40H52ClN5O5/c1-25(50-24-27-6-4-3-5-7-27)38(40(49)42-2)44-39(48)35-23-46(37(47)16-28-18-43-36-17-30(41)10-15-33(28)36)21-29-20-45(22-34(29)35)19-26-8-11-31(12-9-26)51-32-13-14-32/h8-12,15,17-18,25,27,29,32,34-35,38,43H,3-7,13-14,16,19-24H2,1-2H3,(H,42,49)(H,44,48)/t25-,29?,34?,35?,38+/m1/s1. The molecular weight excluding hydrogens is 666 g/mol. The topological polar surface area (TPSA) is 116 Å². The van der Waals surface area contributed by atoms with E-state index in [4.69, 9.17) is 21.1 Å². The Morgan fingerprint density at radius 1 is 0.980 bits per heavy atom. The van der Waals surface area contributed by atoms with E-state index in [1.165, 1.54) is 24.8 Å². The van der Waals surface area contributed by atoms with Gasteiger partial charge in [0.1, 0.15) is 11.8 Å². The fourth-order valence-electron chi connectivity index (χ4n) is 8.42. The quantitative estimate of drug-likeness (QED) is 0.220. The molecule has 11 heteroatoms. The van der Waals surface area contributed by atoms with Crippen LogP contribution in [-0.2, 0) is 32.1 Å². The summed E-state index contributed by atoms with van der Waals surface area (Å²) >= 11 is 6.20. The van der Waals surface area contributed by atoms with Gasteiger partial charge in [0.25, 0.3) is 0 Å². The maximum atomic E-state index is 14.3. The number of nitrogens with zero attached hydrogens (tertiary/aromatic N) is 2. The molecule has 3 aromatic rings. The van der Waals surface area contributed by atoms with E-state index in [1.807, 2.05) is 48.4 Å². The zero-order chi connectivity index (χ0) is 35.5. The van der Waals surface area contributed by atoms with Crippen LogP contribution in [0.15, 0.2) is 48.7 Å². The highest BCUT2D eigenvalue weighted by molar-refractivity contribution is 6.31. The SMILES string of the molecule is CNC(=O)[C@@H](NC(=O)C1CN(C(=O)Cc2c[nH]c3cc(Cl)ccc23)CC2CN(Cc3ccc(OC4CC4)cc3)CC21)[C@@H](C)OCC1CCCCC1. The van der Waals surface area contributed by atoms with Crippen molar-refractivity contribution in [2.75, 3.05) is 39.8 Å². The summed E-state index contributed by atoms with van der Waals surface area (Å²) in [4.78, 5) is 49.0. The molecular formula is C40H52ClN5O5. The van der Waals surface area contributed by atoms with Gasteiger partial charge in [0.2, 0.25) is 17.7 Å². The van der Waals surface area contributed by atoms with E-state index in [9.17, 15) is 14.4 Å². The van der Waals surface area contributed by atoms with Crippen LogP contribution in [0.1, 0.15) is 63.0 Å². The smallest absolute Gasteiger partial charge is 0.245 e. The summed E-state index contributed by atoms with van der Waals surface area (Å²) in [5.74, 6) is 0.604. The number of carbonyl (C=O) groups excluding carboxylic acids is 3. The number of fused-ring (bicyclic) bond motifs is 2. The number of aromatic amines is 1. The van der Waals surface area contributed by atoms with Crippen LogP contribution >= 0.6 is 11.6 Å². The lowest BCUT2D eigenvalue weighted by molar-refractivity contribution is -0.141. The number of benzene rings is 2. The third-order valence-corrected chi connectivity index (χ3v) is 11.7. The fraction of sp³-hybridized carbons (Fsp3) is 0.575. The number of H-pyrrole nitrogens is 1. The molecule has 51 heavy (non-hydrogen) atoms. The number of halogens is 1. The molecule has 0 bridgehead atoms. The van der Waals surface area contributed by atoms with Gasteiger partial charge in [-0.1, -0.05) is 49.1 Å². The Morgan fingerprint density at radius 2 is 1.76 bits per heavy atom. The number of likely N-dealkylation sites (N-methyl/N-ethyl adjacent to an activating group) is 1. The lowest BCUT2D eigenvalue weighted by Gasteiger charge is -2.40. The van der Waals surface area contributed by atoms with Crippen molar-refractivity contribution in [3.63, 3.8) is 0 Å². The number of amides is 3. The highest BCUT2D eigenvalue weighted by atomic mass is 35.5. The average molecular weight is 718 g/mol. The number of piperidine rings is 1. The third kappa shape index (κ3) is 8.72. The summed E-state index contributed by atoms with van der Waals surface area (Å²) in [5, 5.41) is 7.43. The van der Waals surface area contributed by atoms with Crippen molar-refractivity contribution in [2.24, 2.45) is 23.7 Å². The third-order valence-electron chi connectivity index (χ3n) is 11.5. The lowest BCUT2D eigenvalue weighted by Crippen LogP contribution is -2.58. The van der Waals surface area contributed by atoms with E-state index < -0.39 is 18.1 Å². The van der Waals surface area contributed by atoms with Crippen molar-refractivity contribution >= 4 is 40.2 Å². The molecule has 3 amide bonds. The summed E-state index contributed by atoms with van der Waals surface area (Å²) in [6.45, 7) is 5.63. The van der Waals surface area contributed by atoms with Crippen LogP contribution in [0.2, 0.25) is 5.02 Å². The van der Waals surface area contributed by atoms with Crippen molar-refractivity contribution in [2.45, 2.75) is 83.1 Å². The molecule has 4 fully saturated rings. The van der Waals surface area contributed by atoms with Crippen molar-refractivity contribution in [3.8, 4) is 5.75 Å². The van der Waals surface area contributed by atoms with Gasteiger partial charge in [0.05, 0.1) is 24.5 Å².